The number of aromatic amines is 1. The van der Waals surface area contributed by atoms with Crippen molar-refractivity contribution in [2.24, 2.45) is 22.8 Å². The van der Waals surface area contributed by atoms with Gasteiger partial charge in [0.15, 0.2) is 6.10 Å². The molecule has 63 heavy (non-hydrogen) atoms. The topological polar surface area (TPSA) is 223 Å². The third-order valence-electron chi connectivity index (χ3n) is 15.6. The normalized spacial score (nSPS) is 35.0. The van der Waals surface area contributed by atoms with Gasteiger partial charge in [0, 0.05) is 90.9 Å². The number of carbonyl (C=O) groups excluding carboxylic acids is 4. The lowest BCUT2D eigenvalue weighted by molar-refractivity contribution is -0.228. The Balaban J connectivity index is 0.00000131. The lowest BCUT2D eigenvalue weighted by Crippen LogP contribution is -2.81. The molecule has 1 aromatic heterocycles. The van der Waals surface area contributed by atoms with E-state index < -0.39 is 63.5 Å². The number of piperidine rings is 1. The molecular formula is C47H62N6O10. The van der Waals surface area contributed by atoms with Crippen molar-refractivity contribution in [1.82, 2.24) is 14.8 Å². The van der Waals surface area contributed by atoms with E-state index in [-0.39, 0.29) is 12.0 Å². The maximum atomic E-state index is 15.3. The van der Waals surface area contributed by atoms with Gasteiger partial charge in [-0.1, -0.05) is 44.2 Å². The number of carbonyl (C=O) groups is 4. The molecule has 9 rings (SSSR count). The zero-order chi connectivity index (χ0) is 45.4. The van der Waals surface area contributed by atoms with Crippen LogP contribution in [-0.4, -0.2) is 139 Å². The van der Waals surface area contributed by atoms with Gasteiger partial charge in [-0.15, -0.1) is 0 Å². The Kier molecular flexibility index (Phi) is 11.2. The number of urea groups is 1. The fraction of sp³-hybridized carbons (Fsp3) is 0.574. The summed E-state index contributed by atoms with van der Waals surface area (Å²) < 4.78 is 23.9. The van der Waals surface area contributed by atoms with E-state index >= 15 is 4.79 Å². The summed E-state index contributed by atoms with van der Waals surface area (Å²) in [5.74, 6) is -1.56. The first-order chi connectivity index (χ1) is 30.0. The van der Waals surface area contributed by atoms with Crippen molar-refractivity contribution in [2.75, 3.05) is 66.0 Å². The van der Waals surface area contributed by atoms with Gasteiger partial charge in [0.25, 0.3) is 0 Å². The zero-order valence-corrected chi connectivity index (χ0v) is 37.4. The number of para-hydroxylation sites is 1. The summed E-state index contributed by atoms with van der Waals surface area (Å²) >= 11 is 0. The highest BCUT2D eigenvalue weighted by Crippen LogP contribution is 2.68. The molecule has 340 valence electrons. The molecule has 6 aliphatic rings. The summed E-state index contributed by atoms with van der Waals surface area (Å²) in [6, 6.07) is 10.1. The molecule has 2 amide bonds. The standard InChI is InChI=1S/C46H58N4O9.CH4N2O/c1-8-42(54)23-28-24-45(40(52)57-6,36-30(15-19-49(25-28)26-42)29-13-10-11-14-33(29)47-36)32-21-31-34(22-35(32)56-5)48(4)38-44(31)17-20-50-18-12-16-43(9-2,37(44)50)39(59-27(3)51)46(38,55)41(53)58-7;2-1(3)4/h10-14,16,21-22,28,37-39,47,54-55H,8-9,15,17-20,23-26H2,1-7H3;(H4,2,3,4)/t28-,37-,38+,39+,42-,43+,44+,45-,46-;/m0./s1. The number of ether oxygens (including phenoxy) is 4. The molecule has 0 radical (unpaired) electrons. The highest BCUT2D eigenvalue weighted by Gasteiger charge is 2.80. The van der Waals surface area contributed by atoms with E-state index in [4.69, 9.17) is 23.7 Å². The highest BCUT2D eigenvalue weighted by molar-refractivity contribution is 5.95. The summed E-state index contributed by atoms with van der Waals surface area (Å²) in [6.45, 7) is 8.62. The van der Waals surface area contributed by atoms with Crippen LogP contribution in [0.15, 0.2) is 48.6 Å². The minimum Gasteiger partial charge on any atom is -0.496 e. The van der Waals surface area contributed by atoms with Crippen LogP contribution < -0.4 is 21.1 Å². The number of primary amides is 2. The van der Waals surface area contributed by atoms with Crippen LogP contribution in [0.2, 0.25) is 0 Å². The first kappa shape index (κ1) is 44.4. The van der Waals surface area contributed by atoms with Crippen LogP contribution in [-0.2, 0) is 45.8 Å². The van der Waals surface area contributed by atoms with Crippen molar-refractivity contribution in [3.63, 3.8) is 0 Å². The maximum Gasteiger partial charge on any atom is 0.344 e. The molecule has 2 aromatic carbocycles. The Hall–Kier alpha value is -5.16. The van der Waals surface area contributed by atoms with Gasteiger partial charge in [-0.05, 0) is 74.2 Å². The van der Waals surface area contributed by atoms with Crippen molar-refractivity contribution in [2.45, 2.75) is 99.5 Å². The van der Waals surface area contributed by atoms with Crippen LogP contribution >= 0.6 is 0 Å². The van der Waals surface area contributed by atoms with Gasteiger partial charge < -0.3 is 50.5 Å². The van der Waals surface area contributed by atoms with Crippen LogP contribution in [0.25, 0.3) is 10.9 Å². The number of amides is 2. The molecule has 7 N–H and O–H groups in total. The van der Waals surface area contributed by atoms with E-state index in [1.807, 2.05) is 50.1 Å². The molecule has 1 aliphatic carbocycles. The maximum absolute atomic E-state index is 15.3. The number of nitrogens with two attached hydrogens (primary N) is 2. The second-order valence-corrected chi connectivity index (χ2v) is 18.6. The number of aromatic nitrogens is 1. The summed E-state index contributed by atoms with van der Waals surface area (Å²) in [7, 11) is 6.15. The quantitative estimate of drug-likeness (QED) is 0.131. The Labute approximate surface area is 367 Å². The molecule has 1 saturated carbocycles. The number of likely N-dealkylation sites (N-methyl/N-ethyl adjacent to an activating group) is 1. The zero-order valence-electron chi connectivity index (χ0n) is 37.4. The molecule has 6 heterocycles. The highest BCUT2D eigenvalue weighted by atomic mass is 16.6. The minimum absolute atomic E-state index is 0.0986. The number of methoxy groups -OCH3 is 3. The third kappa shape index (κ3) is 6.29. The van der Waals surface area contributed by atoms with Crippen molar-refractivity contribution >= 4 is 40.5 Å². The minimum atomic E-state index is -2.30. The number of anilines is 1. The van der Waals surface area contributed by atoms with Gasteiger partial charge >= 0.3 is 23.9 Å². The number of nitrogens with zero attached hydrogens (tertiary/aromatic N) is 3. The molecule has 16 nitrogen and oxygen atoms in total. The molecular weight excluding hydrogens is 809 g/mol. The number of nitrogens with one attached hydrogen (secondary N) is 1. The Morgan fingerprint density at radius 1 is 0.937 bits per heavy atom. The van der Waals surface area contributed by atoms with Crippen molar-refractivity contribution in [1.29, 1.82) is 0 Å². The molecule has 1 spiro atoms. The molecule has 3 fully saturated rings. The summed E-state index contributed by atoms with van der Waals surface area (Å²) in [5, 5.41) is 26.3. The van der Waals surface area contributed by atoms with Crippen molar-refractivity contribution < 1.29 is 48.3 Å². The van der Waals surface area contributed by atoms with Crippen molar-refractivity contribution in [3.05, 3.63) is 70.9 Å². The van der Waals surface area contributed by atoms with E-state index in [2.05, 4.69) is 50.5 Å². The summed E-state index contributed by atoms with van der Waals surface area (Å²) in [5.41, 5.74) is 6.88. The van der Waals surface area contributed by atoms with Gasteiger partial charge in [0.05, 0.1) is 33.0 Å². The van der Waals surface area contributed by atoms with E-state index in [1.54, 1.807) is 7.11 Å². The molecule has 2 saturated heterocycles. The summed E-state index contributed by atoms with van der Waals surface area (Å²) in [4.78, 5) is 62.2. The number of rotatable bonds is 7. The predicted octanol–water partition coefficient (Wildman–Crippen LogP) is 3.01. The Morgan fingerprint density at radius 2 is 1.65 bits per heavy atom. The lowest BCUT2D eigenvalue weighted by Gasteiger charge is -2.63. The van der Waals surface area contributed by atoms with Crippen molar-refractivity contribution in [3.8, 4) is 5.75 Å². The van der Waals surface area contributed by atoms with E-state index in [0.29, 0.717) is 82.6 Å². The van der Waals surface area contributed by atoms with Crippen LogP contribution in [0.4, 0.5) is 10.5 Å². The van der Waals surface area contributed by atoms with Gasteiger partial charge in [-0.25, -0.2) is 9.59 Å². The van der Waals surface area contributed by atoms with Crippen LogP contribution in [0.5, 0.6) is 5.75 Å². The molecule has 5 aliphatic heterocycles. The van der Waals surface area contributed by atoms with Gasteiger partial charge in [-0.3, -0.25) is 19.4 Å². The fourth-order valence-electron chi connectivity index (χ4n) is 13.5. The lowest BCUT2D eigenvalue weighted by atomic mass is 9.47. The second kappa shape index (κ2) is 15.8. The van der Waals surface area contributed by atoms with Gasteiger partial charge in [0.2, 0.25) is 5.60 Å². The molecule has 3 aromatic rings. The van der Waals surface area contributed by atoms with E-state index in [1.165, 1.54) is 21.1 Å². The number of hydrogen-bond donors (Lipinski definition) is 5. The molecule has 2 bridgehead atoms. The smallest absolute Gasteiger partial charge is 0.344 e. The Bertz CT molecular complexity index is 2360. The predicted molar refractivity (Wildman–Crippen MR) is 234 cm³/mol. The van der Waals surface area contributed by atoms with E-state index in [9.17, 15) is 19.8 Å². The third-order valence-corrected chi connectivity index (χ3v) is 15.6. The SMILES string of the molecule is CC[C@]1(O)C[C@@H]2C[N@@](CCc3c([nH]c4ccccc34)[C@@](C(=O)OC)(c3cc4c(cc3OC)N(C)[C@H]3[C@@](O)(C(=O)OC)[C@H](OC(C)=O)[C@]5(CC)C=CCN6CC[C@]43[C@@H]65)C2)C1.NC(N)=O. The number of fused-ring (bicyclic) bond motifs is 6. The number of H-pyrrole nitrogens is 1. The van der Waals surface area contributed by atoms with Crippen LogP contribution in [0.1, 0.15) is 75.3 Å². The molecule has 16 heteroatoms. The van der Waals surface area contributed by atoms with Crippen LogP contribution in [0.3, 0.4) is 0 Å². The van der Waals surface area contributed by atoms with Crippen LogP contribution in [0, 0.1) is 11.3 Å². The Morgan fingerprint density at radius 3 is 2.30 bits per heavy atom. The first-order valence-corrected chi connectivity index (χ1v) is 22.0. The van der Waals surface area contributed by atoms with Gasteiger partial charge in [-0.2, -0.15) is 0 Å². The number of benzene rings is 2. The number of esters is 3. The average Bonchev–Trinajstić information content (AvgIpc) is 3.92. The summed E-state index contributed by atoms with van der Waals surface area (Å²) in [6.07, 6.45) is 5.94. The monoisotopic (exact) mass is 870 g/mol. The largest absolute Gasteiger partial charge is 0.496 e. The number of aliphatic hydroxyl groups is 2. The second-order valence-electron chi connectivity index (χ2n) is 18.6. The fourth-order valence-corrected chi connectivity index (χ4v) is 13.5. The molecule has 10 atom stereocenters. The molecule has 0 unspecified atom stereocenters. The number of hydrogen-bond acceptors (Lipinski definition) is 13. The average molecular weight is 871 g/mol. The van der Waals surface area contributed by atoms with E-state index in [0.717, 1.165) is 33.4 Å². The first-order valence-electron chi connectivity index (χ1n) is 22.0. The van der Waals surface area contributed by atoms with Gasteiger partial charge in [0.1, 0.15) is 11.2 Å².